The fraction of sp³-hybridized carbons (Fsp3) is 0.286. The third kappa shape index (κ3) is 5.14. The summed E-state index contributed by atoms with van der Waals surface area (Å²) >= 11 is 1.16. The second-order valence-electron chi connectivity index (χ2n) is 6.70. The Morgan fingerprint density at radius 2 is 1.41 bits per heavy atom. The lowest BCUT2D eigenvalue weighted by Crippen LogP contribution is -2.40. The minimum absolute atomic E-state index is 0.0170. The summed E-state index contributed by atoms with van der Waals surface area (Å²) in [5.74, 6) is -1.23. The first-order valence-corrected chi connectivity index (χ1v) is 11.2. The number of carbonyl (C=O) groups is 2. The minimum Gasteiger partial charge on any atom is -0.487 e. The van der Waals surface area contributed by atoms with Crippen LogP contribution in [0, 0.1) is 20.2 Å². The smallest absolute Gasteiger partial charge is 0.311 e. The van der Waals surface area contributed by atoms with Crippen LogP contribution in [0.15, 0.2) is 41.4 Å². The molecule has 1 aliphatic rings. The molecule has 13 heteroatoms. The largest absolute Gasteiger partial charge is 0.487 e. The standard InChI is InChI=1S/C21H20N4O8S/c1-3-32-17-7-5-13(11-15(17)24(28)29)19(26)23(21-22-9-10-34-21)20(27)14-6-8-18(33-4-2)16(12-14)25(30)31/h5-8,11-12H,3-4,9-10H2,1-2H3. The molecule has 2 amide bonds. The van der Waals surface area contributed by atoms with Crippen molar-refractivity contribution in [1.29, 1.82) is 0 Å². The third-order valence-corrected chi connectivity index (χ3v) is 5.53. The van der Waals surface area contributed by atoms with Crippen molar-refractivity contribution in [1.82, 2.24) is 4.90 Å². The Morgan fingerprint density at radius 1 is 0.941 bits per heavy atom. The van der Waals surface area contributed by atoms with Crippen molar-refractivity contribution in [3.63, 3.8) is 0 Å². The first-order valence-electron chi connectivity index (χ1n) is 10.2. The van der Waals surface area contributed by atoms with Crippen molar-refractivity contribution >= 4 is 40.1 Å². The van der Waals surface area contributed by atoms with E-state index in [1.807, 2.05) is 0 Å². The van der Waals surface area contributed by atoms with E-state index in [0.717, 1.165) is 28.8 Å². The highest BCUT2D eigenvalue weighted by molar-refractivity contribution is 8.14. The van der Waals surface area contributed by atoms with Crippen molar-refractivity contribution in [3.05, 3.63) is 67.8 Å². The normalized spacial score (nSPS) is 12.6. The predicted octanol–water partition coefficient (Wildman–Crippen LogP) is 3.69. The summed E-state index contributed by atoms with van der Waals surface area (Å²) in [4.78, 5) is 53.3. The SMILES string of the molecule is CCOc1ccc(C(=O)N(C(=O)c2ccc(OCC)c([N+](=O)[O-])c2)C2=NCCS2)cc1[N+](=O)[O-]. The number of aliphatic imine (C=N–C) groups is 1. The predicted molar refractivity (Wildman–Crippen MR) is 124 cm³/mol. The Morgan fingerprint density at radius 3 is 1.76 bits per heavy atom. The number of nitrogens with zero attached hydrogens (tertiary/aromatic N) is 4. The lowest BCUT2D eigenvalue weighted by atomic mass is 10.1. The maximum absolute atomic E-state index is 13.4. The number of benzene rings is 2. The molecule has 0 aliphatic carbocycles. The lowest BCUT2D eigenvalue weighted by molar-refractivity contribution is -0.386. The Balaban J connectivity index is 2.05. The molecule has 0 aromatic heterocycles. The molecular formula is C21H20N4O8S. The number of imide groups is 1. The Labute approximate surface area is 197 Å². The van der Waals surface area contributed by atoms with E-state index < -0.39 is 33.0 Å². The van der Waals surface area contributed by atoms with Crippen molar-refractivity contribution in [2.45, 2.75) is 13.8 Å². The number of thioether (sulfide) groups is 1. The van der Waals surface area contributed by atoms with Crippen molar-refractivity contribution in [3.8, 4) is 11.5 Å². The molecule has 1 heterocycles. The topological polar surface area (TPSA) is 154 Å². The number of nitro benzene ring substituents is 2. The first kappa shape index (κ1) is 24.6. The molecule has 1 aliphatic heterocycles. The monoisotopic (exact) mass is 488 g/mol. The fourth-order valence-corrected chi connectivity index (χ4v) is 3.97. The molecule has 0 unspecified atom stereocenters. The van der Waals surface area contributed by atoms with Gasteiger partial charge in [0, 0.05) is 29.0 Å². The molecule has 2 aromatic carbocycles. The van der Waals surface area contributed by atoms with Crippen LogP contribution in [-0.4, -0.2) is 57.2 Å². The van der Waals surface area contributed by atoms with E-state index in [1.54, 1.807) is 13.8 Å². The minimum atomic E-state index is -0.860. The van der Waals surface area contributed by atoms with Crippen LogP contribution in [0.3, 0.4) is 0 Å². The third-order valence-electron chi connectivity index (χ3n) is 4.57. The molecule has 0 radical (unpaired) electrons. The Bertz CT molecular complexity index is 1100. The number of carbonyl (C=O) groups excluding carboxylic acids is 2. The molecule has 0 saturated carbocycles. The number of nitro groups is 2. The van der Waals surface area contributed by atoms with E-state index in [4.69, 9.17) is 9.47 Å². The summed E-state index contributed by atoms with van der Waals surface area (Å²) in [6.07, 6.45) is 0. The highest BCUT2D eigenvalue weighted by Crippen LogP contribution is 2.31. The molecule has 0 bridgehead atoms. The van der Waals surface area contributed by atoms with Gasteiger partial charge in [0.15, 0.2) is 16.7 Å². The Hall–Kier alpha value is -4.00. The first-order chi connectivity index (χ1) is 16.3. The van der Waals surface area contributed by atoms with Gasteiger partial charge in [-0.2, -0.15) is 0 Å². The summed E-state index contributed by atoms with van der Waals surface area (Å²) in [7, 11) is 0. The van der Waals surface area contributed by atoms with Gasteiger partial charge in [0.1, 0.15) is 0 Å². The number of amides is 2. The van der Waals surface area contributed by atoms with Gasteiger partial charge in [-0.1, -0.05) is 11.8 Å². The van der Waals surface area contributed by atoms with E-state index in [1.165, 1.54) is 24.3 Å². The highest BCUT2D eigenvalue weighted by Gasteiger charge is 2.33. The molecule has 3 rings (SSSR count). The quantitative estimate of drug-likeness (QED) is 0.307. The summed E-state index contributed by atoms with van der Waals surface area (Å²) in [6.45, 7) is 4.05. The number of hydrogen-bond donors (Lipinski definition) is 0. The van der Waals surface area contributed by atoms with Crippen LogP contribution < -0.4 is 9.47 Å². The second-order valence-corrected chi connectivity index (χ2v) is 7.77. The summed E-state index contributed by atoms with van der Waals surface area (Å²) < 4.78 is 10.5. The molecule has 34 heavy (non-hydrogen) atoms. The van der Waals surface area contributed by atoms with Crippen molar-refractivity contribution < 1.29 is 28.9 Å². The van der Waals surface area contributed by atoms with Crippen molar-refractivity contribution in [2.24, 2.45) is 4.99 Å². The molecule has 2 aromatic rings. The zero-order chi connectivity index (χ0) is 24.8. The van der Waals surface area contributed by atoms with Gasteiger partial charge in [-0.05, 0) is 38.1 Å². The van der Waals surface area contributed by atoms with Crippen LogP contribution in [0.5, 0.6) is 11.5 Å². The van der Waals surface area contributed by atoms with E-state index in [2.05, 4.69) is 4.99 Å². The van der Waals surface area contributed by atoms with Gasteiger partial charge in [-0.3, -0.25) is 34.8 Å². The van der Waals surface area contributed by atoms with Crippen LogP contribution in [0.4, 0.5) is 11.4 Å². The van der Waals surface area contributed by atoms with Gasteiger partial charge in [-0.15, -0.1) is 0 Å². The molecule has 0 fully saturated rings. The molecule has 0 spiro atoms. The van der Waals surface area contributed by atoms with Gasteiger partial charge >= 0.3 is 11.4 Å². The molecule has 0 atom stereocenters. The average molecular weight is 488 g/mol. The van der Waals surface area contributed by atoms with Gasteiger partial charge < -0.3 is 9.47 Å². The van der Waals surface area contributed by atoms with E-state index in [-0.39, 0.29) is 41.0 Å². The highest BCUT2D eigenvalue weighted by atomic mass is 32.2. The van der Waals surface area contributed by atoms with Gasteiger partial charge in [0.05, 0.1) is 29.6 Å². The number of rotatable bonds is 8. The van der Waals surface area contributed by atoms with Crippen LogP contribution >= 0.6 is 11.8 Å². The lowest BCUT2D eigenvalue weighted by Gasteiger charge is -2.20. The van der Waals surface area contributed by atoms with E-state index in [0.29, 0.717) is 12.3 Å². The maximum atomic E-state index is 13.4. The molecule has 0 saturated heterocycles. The maximum Gasteiger partial charge on any atom is 0.311 e. The molecule has 12 nitrogen and oxygen atoms in total. The number of hydrogen-bond acceptors (Lipinski definition) is 10. The van der Waals surface area contributed by atoms with Crippen LogP contribution in [0.2, 0.25) is 0 Å². The summed E-state index contributed by atoms with van der Waals surface area (Å²) in [6, 6.07) is 7.22. The van der Waals surface area contributed by atoms with Gasteiger partial charge in [-0.25, -0.2) is 4.90 Å². The number of amidine groups is 1. The Kier molecular flexibility index (Phi) is 7.79. The zero-order valence-electron chi connectivity index (χ0n) is 18.3. The summed E-state index contributed by atoms with van der Waals surface area (Å²) in [5, 5.41) is 23.0. The summed E-state index contributed by atoms with van der Waals surface area (Å²) in [5.41, 5.74) is -1.14. The zero-order valence-corrected chi connectivity index (χ0v) is 19.1. The molecule has 0 N–H and O–H groups in total. The molecular weight excluding hydrogens is 468 g/mol. The van der Waals surface area contributed by atoms with Crippen molar-refractivity contribution in [2.75, 3.05) is 25.5 Å². The van der Waals surface area contributed by atoms with Gasteiger partial charge in [0.25, 0.3) is 11.8 Å². The van der Waals surface area contributed by atoms with Gasteiger partial charge in [0.2, 0.25) is 0 Å². The fourth-order valence-electron chi connectivity index (χ4n) is 3.12. The van der Waals surface area contributed by atoms with Crippen LogP contribution in [0.1, 0.15) is 34.6 Å². The average Bonchev–Trinajstić information content (AvgIpc) is 3.34. The van der Waals surface area contributed by atoms with E-state index in [9.17, 15) is 29.8 Å². The second kappa shape index (κ2) is 10.7. The van der Waals surface area contributed by atoms with Crippen LogP contribution in [0.25, 0.3) is 0 Å². The van der Waals surface area contributed by atoms with E-state index >= 15 is 0 Å². The number of ether oxygens (including phenoxy) is 2. The molecule has 178 valence electrons. The van der Waals surface area contributed by atoms with Crippen LogP contribution in [-0.2, 0) is 0 Å².